The van der Waals surface area contributed by atoms with Gasteiger partial charge in [-0.2, -0.15) is 4.31 Å². The number of anilines is 1. The molecular weight excluding hydrogens is 451 g/mol. The quantitative estimate of drug-likeness (QED) is 0.610. The van der Waals surface area contributed by atoms with Gasteiger partial charge in [-0.1, -0.05) is 43.1 Å². The zero-order chi connectivity index (χ0) is 22.4. The lowest BCUT2D eigenvalue weighted by molar-refractivity contribution is 0.0358. The average molecular weight is 471 g/mol. The van der Waals surface area contributed by atoms with Crippen LogP contribution in [0.15, 0.2) is 35.2 Å². The van der Waals surface area contributed by atoms with Crippen molar-refractivity contribution in [1.82, 2.24) is 4.31 Å². The lowest BCUT2D eigenvalue weighted by atomic mass is 9.95. The maximum atomic E-state index is 13.1. The molecule has 0 N–H and O–H groups in total. The van der Waals surface area contributed by atoms with Gasteiger partial charge in [-0.25, -0.2) is 13.2 Å². The van der Waals surface area contributed by atoms with Crippen LogP contribution in [0, 0.1) is 0 Å². The molecule has 10 heteroatoms. The van der Waals surface area contributed by atoms with Crippen LogP contribution in [0.3, 0.4) is 0 Å². The van der Waals surface area contributed by atoms with Crippen molar-refractivity contribution < 1.29 is 22.7 Å². The SMILES string of the molecule is CC(C)c1cc(N(C)C)cc2c1C(=O)N(COC(=O)c1c(Cl)cccc1Cl)S2(=O)=O. The van der Waals surface area contributed by atoms with Crippen LogP contribution in [0.4, 0.5) is 5.69 Å². The standard InChI is InChI=1S/C20H20Cl2N2O5S/c1-11(2)13-8-12(23(3)4)9-16-17(13)19(25)24(30(16,27)28)10-29-20(26)18-14(21)6-5-7-15(18)22/h5-9,11H,10H2,1-4H3. The van der Waals surface area contributed by atoms with Gasteiger partial charge in [-0.3, -0.25) is 4.79 Å². The Balaban J connectivity index is 1.97. The van der Waals surface area contributed by atoms with Crippen molar-refractivity contribution in [1.29, 1.82) is 0 Å². The van der Waals surface area contributed by atoms with E-state index in [0.717, 1.165) is 0 Å². The van der Waals surface area contributed by atoms with Crippen LogP contribution in [-0.4, -0.2) is 45.4 Å². The predicted octanol–water partition coefficient (Wildman–Crippen LogP) is 4.14. The van der Waals surface area contributed by atoms with Gasteiger partial charge < -0.3 is 9.64 Å². The number of rotatable bonds is 5. The molecule has 1 heterocycles. The third-order valence-corrected chi connectivity index (χ3v) is 7.10. The van der Waals surface area contributed by atoms with Crippen LogP contribution in [0.5, 0.6) is 0 Å². The monoisotopic (exact) mass is 470 g/mol. The lowest BCUT2D eigenvalue weighted by Crippen LogP contribution is -2.33. The number of amides is 1. The highest BCUT2D eigenvalue weighted by atomic mass is 35.5. The predicted molar refractivity (Wildman–Crippen MR) is 115 cm³/mol. The van der Waals surface area contributed by atoms with Crippen molar-refractivity contribution >= 4 is 50.8 Å². The van der Waals surface area contributed by atoms with E-state index in [0.29, 0.717) is 15.6 Å². The van der Waals surface area contributed by atoms with Crippen molar-refractivity contribution in [3.63, 3.8) is 0 Å². The number of benzene rings is 2. The summed E-state index contributed by atoms with van der Waals surface area (Å²) in [4.78, 5) is 27.1. The van der Waals surface area contributed by atoms with Crippen LogP contribution in [-0.2, 0) is 14.8 Å². The summed E-state index contributed by atoms with van der Waals surface area (Å²) in [7, 11) is -0.632. The van der Waals surface area contributed by atoms with Crippen LogP contribution < -0.4 is 4.90 Å². The van der Waals surface area contributed by atoms with E-state index in [1.165, 1.54) is 18.2 Å². The Labute approximate surface area is 185 Å². The van der Waals surface area contributed by atoms with Crippen molar-refractivity contribution in [3.8, 4) is 0 Å². The molecule has 2 aromatic carbocycles. The van der Waals surface area contributed by atoms with Gasteiger partial charge in [0.15, 0.2) is 6.73 Å². The van der Waals surface area contributed by atoms with E-state index in [1.54, 1.807) is 31.1 Å². The zero-order valence-electron chi connectivity index (χ0n) is 16.8. The number of ether oxygens (including phenoxy) is 1. The molecule has 30 heavy (non-hydrogen) atoms. The molecule has 160 valence electrons. The fourth-order valence-corrected chi connectivity index (χ4v) is 5.15. The highest BCUT2D eigenvalue weighted by Crippen LogP contribution is 2.38. The number of hydrogen-bond donors (Lipinski definition) is 0. The summed E-state index contributed by atoms with van der Waals surface area (Å²) in [6.45, 7) is 2.96. The van der Waals surface area contributed by atoms with Gasteiger partial charge >= 0.3 is 5.97 Å². The van der Waals surface area contributed by atoms with Gasteiger partial charge in [-0.05, 0) is 35.7 Å². The first-order valence-electron chi connectivity index (χ1n) is 9.00. The highest BCUT2D eigenvalue weighted by molar-refractivity contribution is 7.90. The van der Waals surface area contributed by atoms with Gasteiger partial charge in [0, 0.05) is 19.8 Å². The Morgan fingerprint density at radius 1 is 1.17 bits per heavy atom. The molecule has 3 rings (SSSR count). The average Bonchev–Trinajstić information content (AvgIpc) is 2.85. The van der Waals surface area contributed by atoms with E-state index in [4.69, 9.17) is 27.9 Å². The molecule has 0 aromatic heterocycles. The maximum Gasteiger partial charge on any atom is 0.342 e. The Bertz CT molecular complexity index is 1130. The summed E-state index contributed by atoms with van der Waals surface area (Å²) in [5.41, 5.74) is 1.26. The van der Waals surface area contributed by atoms with Crippen molar-refractivity contribution in [3.05, 3.63) is 57.1 Å². The highest BCUT2D eigenvalue weighted by Gasteiger charge is 2.44. The minimum absolute atomic E-state index is 0.0594. The Hall–Kier alpha value is -2.29. The van der Waals surface area contributed by atoms with Gasteiger partial charge in [-0.15, -0.1) is 0 Å². The van der Waals surface area contributed by atoms with E-state index in [9.17, 15) is 18.0 Å². The topological polar surface area (TPSA) is 84.0 Å². The summed E-state index contributed by atoms with van der Waals surface area (Å²) >= 11 is 12.0. The van der Waals surface area contributed by atoms with E-state index >= 15 is 0 Å². The molecular formula is C20H20Cl2N2O5S. The summed E-state index contributed by atoms with van der Waals surface area (Å²) < 4.78 is 31.8. The molecule has 1 aliphatic rings. The minimum atomic E-state index is -4.19. The fraction of sp³-hybridized carbons (Fsp3) is 0.300. The molecule has 1 amide bonds. The summed E-state index contributed by atoms with van der Waals surface area (Å²) in [6.07, 6.45) is 0. The lowest BCUT2D eigenvalue weighted by Gasteiger charge is -2.17. The summed E-state index contributed by atoms with van der Waals surface area (Å²) in [5.74, 6) is -1.76. The smallest absolute Gasteiger partial charge is 0.342 e. The van der Waals surface area contributed by atoms with E-state index in [1.807, 2.05) is 13.8 Å². The minimum Gasteiger partial charge on any atom is -0.439 e. The van der Waals surface area contributed by atoms with Gasteiger partial charge in [0.05, 0.1) is 21.2 Å². The molecule has 2 aromatic rings. The largest absolute Gasteiger partial charge is 0.439 e. The van der Waals surface area contributed by atoms with Gasteiger partial charge in [0.25, 0.3) is 15.9 Å². The van der Waals surface area contributed by atoms with Crippen molar-refractivity contribution in [2.45, 2.75) is 24.7 Å². The molecule has 0 atom stereocenters. The van der Waals surface area contributed by atoms with E-state index < -0.39 is 28.6 Å². The number of nitrogens with zero attached hydrogens (tertiary/aromatic N) is 2. The van der Waals surface area contributed by atoms with Crippen molar-refractivity contribution in [2.75, 3.05) is 25.7 Å². The molecule has 0 fully saturated rings. The number of carbonyl (C=O) groups excluding carboxylic acids is 2. The maximum absolute atomic E-state index is 13.1. The third kappa shape index (κ3) is 3.75. The molecule has 0 spiro atoms. The Kier molecular flexibility index (Phi) is 6.04. The van der Waals surface area contributed by atoms with Gasteiger partial charge in [0.2, 0.25) is 0 Å². The number of halogens is 2. The fourth-order valence-electron chi connectivity index (χ4n) is 3.13. The first-order chi connectivity index (χ1) is 14.0. The summed E-state index contributed by atoms with van der Waals surface area (Å²) in [5, 5.41) is 0.119. The number of esters is 1. The Morgan fingerprint density at radius 3 is 2.30 bits per heavy atom. The first-order valence-corrected chi connectivity index (χ1v) is 11.2. The number of fused-ring (bicyclic) bond motifs is 1. The second-order valence-corrected chi connectivity index (χ2v) is 9.92. The number of sulfonamides is 1. The van der Waals surface area contributed by atoms with E-state index in [2.05, 4.69) is 0 Å². The second kappa shape index (κ2) is 8.09. The molecule has 0 bridgehead atoms. The molecule has 0 aliphatic carbocycles. The Morgan fingerprint density at radius 2 is 1.77 bits per heavy atom. The first kappa shape index (κ1) is 22.4. The van der Waals surface area contributed by atoms with Crippen LogP contribution >= 0.6 is 23.2 Å². The van der Waals surface area contributed by atoms with Crippen LogP contribution in [0.1, 0.15) is 46.0 Å². The normalized spacial score (nSPS) is 14.8. The summed E-state index contributed by atoms with van der Waals surface area (Å²) in [6, 6.07) is 7.70. The van der Waals surface area contributed by atoms with Gasteiger partial charge in [0.1, 0.15) is 4.90 Å². The second-order valence-electron chi connectivity index (χ2n) is 7.27. The van der Waals surface area contributed by atoms with Crippen LogP contribution in [0.2, 0.25) is 10.0 Å². The molecule has 0 saturated heterocycles. The number of hydrogen-bond acceptors (Lipinski definition) is 6. The molecule has 0 saturated carbocycles. The van der Waals surface area contributed by atoms with Crippen LogP contribution in [0.25, 0.3) is 0 Å². The molecule has 7 nitrogen and oxygen atoms in total. The third-order valence-electron chi connectivity index (χ3n) is 4.74. The molecule has 1 aliphatic heterocycles. The molecule has 0 unspecified atom stereocenters. The number of carbonyl (C=O) groups is 2. The zero-order valence-corrected chi connectivity index (χ0v) is 19.1. The molecule has 0 radical (unpaired) electrons. The van der Waals surface area contributed by atoms with E-state index in [-0.39, 0.29) is 32.0 Å². The van der Waals surface area contributed by atoms with Crippen molar-refractivity contribution in [2.24, 2.45) is 0 Å².